The summed E-state index contributed by atoms with van der Waals surface area (Å²) in [7, 11) is -1.64. The predicted octanol–water partition coefficient (Wildman–Crippen LogP) is 1.71. The van der Waals surface area contributed by atoms with E-state index in [9.17, 15) is 9.69 Å². The molecule has 0 aromatic rings. The molecule has 0 fully saturated rings. The van der Waals surface area contributed by atoms with E-state index in [2.05, 4.69) is 6.92 Å². The molecule has 0 rings (SSSR count). The van der Waals surface area contributed by atoms with E-state index in [1.54, 1.807) is 0 Å². The lowest BCUT2D eigenvalue weighted by atomic mass is 10.4. The van der Waals surface area contributed by atoms with Crippen LogP contribution in [0.1, 0.15) is 39.5 Å². The van der Waals surface area contributed by atoms with Crippen LogP contribution in [0.15, 0.2) is 0 Å². The van der Waals surface area contributed by atoms with Crippen LogP contribution in [0.2, 0.25) is 0 Å². The largest absolute Gasteiger partial charge is 0.630 e. The molecule has 4 nitrogen and oxygen atoms in total. The quantitative estimate of drug-likeness (QED) is 0.341. The molecule has 0 aliphatic carbocycles. The lowest BCUT2D eigenvalue weighted by Gasteiger charge is -2.02. The minimum Gasteiger partial charge on any atom is -0.630 e. The third kappa shape index (κ3) is 11.8. The molecule has 0 saturated carbocycles. The van der Waals surface area contributed by atoms with Gasteiger partial charge in [0.15, 0.2) is 5.80 Å². The van der Waals surface area contributed by atoms with Gasteiger partial charge in [-0.1, -0.05) is 26.7 Å². The van der Waals surface area contributed by atoms with Crippen LogP contribution in [-0.4, -0.2) is 37.7 Å². The van der Waals surface area contributed by atoms with Crippen LogP contribution < -0.4 is 4.89 Å². The standard InChI is InChI=1S/C12H23O4P/c1-3-5-7-15-9-10-17(14)11-12(13)16-8-6-4-2/h11H,3-10H2,1-2H3. The SMILES string of the molecule is CCCCOCC[P+]([O-])=CC(=O)OCCCC. The molecule has 0 radical (unpaired) electrons. The molecule has 0 heterocycles. The van der Waals surface area contributed by atoms with Gasteiger partial charge in [-0.25, -0.2) is 4.79 Å². The Hall–Kier alpha value is -0.440. The van der Waals surface area contributed by atoms with Gasteiger partial charge < -0.3 is 14.4 Å². The van der Waals surface area contributed by atoms with Crippen LogP contribution in [0.5, 0.6) is 0 Å². The Morgan fingerprint density at radius 2 is 1.82 bits per heavy atom. The second-order valence-electron chi connectivity index (χ2n) is 3.76. The highest BCUT2D eigenvalue weighted by atomic mass is 31.1. The summed E-state index contributed by atoms with van der Waals surface area (Å²) in [5.41, 5.74) is 0. The molecular formula is C12H23O4P. The Morgan fingerprint density at radius 1 is 1.18 bits per heavy atom. The zero-order chi connectivity index (χ0) is 12.9. The van der Waals surface area contributed by atoms with E-state index >= 15 is 0 Å². The van der Waals surface area contributed by atoms with Gasteiger partial charge >= 0.3 is 5.97 Å². The second-order valence-corrected chi connectivity index (χ2v) is 5.30. The van der Waals surface area contributed by atoms with E-state index in [0.29, 0.717) is 26.0 Å². The number of esters is 1. The van der Waals surface area contributed by atoms with Crippen molar-refractivity contribution in [3.63, 3.8) is 0 Å². The van der Waals surface area contributed by atoms with Crippen molar-refractivity contribution in [2.75, 3.05) is 26.0 Å². The van der Waals surface area contributed by atoms with E-state index in [1.165, 1.54) is 0 Å². The monoisotopic (exact) mass is 262 g/mol. The Kier molecular flexibility index (Phi) is 11.7. The summed E-state index contributed by atoms with van der Waals surface area (Å²) in [5.74, 6) is 0.682. The molecule has 5 heteroatoms. The first-order valence-corrected chi connectivity index (χ1v) is 7.75. The van der Waals surface area contributed by atoms with E-state index in [-0.39, 0.29) is 0 Å². The average Bonchev–Trinajstić information content (AvgIpc) is 2.29. The van der Waals surface area contributed by atoms with Gasteiger partial charge in [-0.2, -0.15) is 0 Å². The molecule has 17 heavy (non-hydrogen) atoms. The smallest absolute Gasteiger partial charge is 0.373 e. The first-order chi connectivity index (χ1) is 8.20. The number of ether oxygens (including phenoxy) is 2. The molecule has 100 valence electrons. The summed E-state index contributed by atoms with van der Waals surface area (Å²) >= 11 is 0. The zero-order valence-corrected chi connectivity index (χ0v) is 11.7. The van der Waals surface area contributed by atoms with Gasteiger partial charge in [0.1, 0.15) is 6.16 Å². The van der Waals surface area contributed by atoms with Gasteiger partial charge in [0.25, 0.3) is 0 Å². The maximum atomic E-state index is 11.4. The topological polar surface area (TPSA) is 58.6 Å². The molecule has 1 unspecified atom stereocenters. The molecule has 0 spiro atoms. The minimum absolute atomic E-state index is 0.391. The third-order valence-corrected chi connectivity index (χ3v) is 3.21. The number of carbonyl (C=O) groups excluding carboxylic acids is 1. The van der Waals surface area contributed by atoms with Crippen molar-refractivity contribution in [2.45, 2.75) is 39.5 Å². The normalized spacial score (nSPS) is 11.6. The van der Waals surface area contributed by atoms with Crippen molar-refractivity contribution < 1.29 is 19.2 Å². The summed E-state index contributed by atoms with van der Waals surface area (Å²) in [6, 6.07) is 0. The number of hydrogen-bond acceptors (Lipinski definition) is 4. The van der Waals surface area contributed by atoms with E-state index in [4.69, 9.17) is 9.47 Å². The van der Waals surface area contributed by atoms with Crippen molar-refractivity contribution in [1.29, 1.82) is 0 Å². The van der Waals surface area contributed by atoms with Crippen molar-refractivity contribution >= 4 is 19.5 Å². The van der Waals surface area contributed by atoms with Crippen LogP contribution in [-0.2, 0) is 14.3 Å². The highest BCUT2D eigenvalue weighted by Gasteiger charge is 2.04. The van der Waals surface area contributed by atoms with Crippen molar-refractivity contribution in [2.24, 2.45) is 0 Å². The Labute approximate surface area is 105 Å². The van der Waals surface area contributed by atoms with E-state index in [1.807, 2.05) is 6.92 Å². The Morgan fingerprint density at radius 3 is 2.47 bits per heavy atom. The summed E-state index contributed by atoms with van der Waals surface area (Å²) < 4.78 is 10.1. The molecular weight excluding hydrogens is 239 g/mol. The maximum Gasteiger partial charge on any atom is 0.373 e. The molecule has 0 aliphatic heterocycles. The lowest BCUT2D eigenvalue weighted by molar-refractivity contribution is -0.153. The first-order valence-electron chi connectivity index (χ1n) is 6.23. The molecule has 0 aromatic heterocycles. The fourth-order valence-corrected chi connectivity index (χ4v) is 1.79. The minimum atomic E-state index is -1.64. The van der Waals surface area contributed by atoms with Crippen molar-refractivity contribution in [3.05, 3.63) is 0 Å². The number of hydrogen-bond donors (Lipinski definition) is 0. The fraction of sp³-hybridized carbons (Fsp3) is 0.833. The maximum absolute atomic E-state index is 11.4. The molecule has 0 aliphatic rings. The summed E-state index contributed by atoms with van der Waals surface area (Å²) in [5, 5.41) is 0. The van der Waals surface area contributed by atoms with Gasteiger partial charge in [0.2, 0.25) is 0 Å². The average molecular weight is 262 g/mol. The zero-order valence-electron chi connectivity index (χ0n) is 10.8. The first kappa shape index (κ1) is 16.6. The number of rotatable bonds is 10. The lowest BCUT2D eigenvalue weighted by Crippen LogP contribution is -2.11. The third-order valence-electron chi connectivity index (χ3n) is 2.09. The van der Waals surface area contributed by atoms with Crippen molar-refractivity contribution in [3.8, 4) is 0 Å². The van der Waals surface area contributed by atoms with E-state index < -0.39 is 13.7 Å². The van der Waals surface area contributed by atoms with E-state index in [0.717, 1.165) is 31.5 Å². The van der Waals surface area contributed by atoms with Crippen LogP contribution >= 0.6 is 7.77 Å². The van der Waals surface area contributed by atoms with Crippen LogP contribution in [0, 0.1) is 0 Å². The molecule has 0 saturated heterocycles. The summed E-state index contributed by atoms with van der Waals surface area (Å²) in [4.78, 5) is 22.6. The van der Waals surface area contributed by atoms with Crippen LogP contribution in [0.25, 0.3) is 0 Å². The van der Waals surface area contributed by atoms with Gasteiger partial charge in [0.05, 0.1) is 21.0 Å². The van der Waals surface area contributed by atoms with Crippen molar-refractivity contribution in [1.82, 2.24) is 0 Å². The van der Waals surface area contributed by atoms with Crippen LogP contribution in [0.3, 0.4) is 0 Å². The molecule has 0 amide bonds. The number of carbonyl (C=O) groups is 1. The second kappa shape index (κ2) is 12.0. The van der Waals surface area contributed by atoms with Gasteiger partial charge in [-0.15, -0.1) is 0 Å². The number of unbranched alkanes of at least 4 members (excludes halogenated alkanes) is 2. The molecule has 1 atom stereocenters. The fourth-order valence-electron chi connectivity index (χ4n) is 1.04. The Balaban J connectivity index is 3.58. The molecule has 0 aromatic carbocycles. The highest BCUT2D eigenvalue weighted by molar-refractivity contribution is 7.52. The highest BCUT2D eigenvalue weighted by Crippen LogP contribution is 2.08. The Bertz CT molecular complexity index is 229. The summed E-state index contributed by atoms with van der Waals surface area (Å²) in [6.45, 7) is 5.65. The van der Waals surface area contributed by atoms with Gasteiger partial charge in [0, 0.05) is 6.61 Å². The van der Waals surface area contributed by atoms with Gasteiger partial charge in [-0.3, -0.25) is 0 Å². The molecule has 0 bridgehead atoms. The van der Waals surface area contributed by atoms with Gasteiger partial charge in [-0.05, 0) is 12.8 Å². The predicted molar refractivity (Wildman–Crippen MR) is 69.4 cm³/mol. The molecule has 0 N–H and O–H groups in total. The van der Waals surface area contributed by atoms with Crippen LogP contribution in [0.4, 0.5) is 0 Å². The summed E-state index contributed by atoms with van der Waals surface area (Å²) in [6.07, 6.45) is 4.31.